The fraction of sp³-hybridized carbons (Fsp3) is 0.647. The Kier molecular flexibility index (Phi) is 5.50. The van der Waals surface area contributed by atoms with Gasteiger partial charge in [0, 0.05) is 51.9 Å². The average Bonchev–Trinajstić information content (AvgIpc) is 3.02. The van der Waals surface area contributed by atoms with Crippen molar-refractivity contribution in [2.45, 2.75) is 31.4 Å². The van der Waals surface area contributed by atoms with Crippen molar-refractivity contribution < 1.29 is 26.3 Å². The Labute approximate surface area is 147 Å². The highest BCUT2D eigenvalue weighted by Crippen LogP contribution is 2.36. The molecule has 2 fully saturated rings. The number of halogens is 6. The molecule has 3 rings (SSSR count). The maximum atomic E-state index is 13.0. The molecular weight excluding hydrogens is 360 g/mol. The molecule has 0 amide bonds. The number of hydrogen-bond donors (Lipinski definition) is 1. The van der Waals surface area contributed by atoms with Crippen molar-refractivity contribution >= 4 is 0 Å². The van der Waals surface area contributed by atoms with Gasteiger partial charge < -0.3 is 5.32 Å². The standard InChI is InChI=1S/C17H21F6N3/c18-16(19,20)13-7-12(8-14(9-13)17(21,22)23)10-25-4-1-15(11-25)26-5-2-24-3-6-26/h7-9,15,24H,1-6,10-11H2. The molecule has 1 aromatic rings. The Balaban J connectivity index is 1.73. The van der Waals surface area contributed by atoms with Crippen LogP contribution in [0.15, 0.2) is 18.2 Å². The molecule has 0 radical (unpaired) electrons. The van der Waals surface area contributed by atoms with E-state index >= 15 is 0 Å². The Morgan fingerprint density at radius 2 is 1.46 bits per heavy atom. The van der Waals surface area contributed by atoms with E-state index in [4.69, 9.17) is 0 Å². The summed E-state index contributed by atoms with van der Waals surface area (Å²) in [5.74, 6) is 0. The summed E-state index contributed by atoms with van der Waals surface area (Å²) in [4.78, 5) is 4.27. The van der Waals surface area contributed by atoms with Gasteiger partial charge in [-0.25, -0.2) is 0 Å². The maximum Gasteiger partial charge on any atom is 0.416 e. The van der Waals surface area contributed by atoms with Crippen LogP contribution < -0.4 is 5.32 Å². The summed E-state index contributed by atoms with van der Waals surface area (Å²) in [6, 6.07) is 2.14. The number of alkyl halides is 6. The molecule has 0 aliphatic carbocycles. The monoisotopic (exact) mass is 381 g/mol. The first-order chi connectivity index (χ1) is 12.1. The lowest BCUT2D eigenvalue weighted by molar-refractivity contribution is -0.143. The average molecular weight is 381 g/mol. The summed E-state index contributed by atoms with van der Waals surface area (Å²) in [5.41, 5.74) is -2.45. The number of piperazine rings is 1. The zero-order chi connectivity index (χ0) is 18.9. The van der Waals surface area contributed by atoms with Crippen LogP contribution in [0.3, 0.4) is 0 Å². The minimum Gasteiger partial charge on any atom is -0.314 e. The second-order valence-corrected chi connectivity index (χ2v) is 6.88. The van der Waals surface area contributed by atoms with Crippen molar-refractivity contribution in [3.05, 3.63) is 34.9 Å². The molecule has 26 heavy (non-hydrogen) atoms. The van der Waals surface area contributed by atoms with E-state index < -0.39 is 23.5 Å². The van der Waals surface area contributed by atoms with Gasteiger partial charge in [-0.1, -0.05) is 0 Å². The third kappa shape index (κ3) is 4.69. The predicted molar refractivity (Wildman–Crippen MR) is 84.6 cm³/mol. The number of nitrogens with one attached hydrogen (secondary N) is 1. The van der Waals surface area contributed by atoms with Crippen LogP contribution in [0.4, 0.5) is 26.3 Å². The molecule has 2 aliphatic heterocycles. The molecule has 2 heterocycles. The molecule has 0 spiro atoms. The highest BCUT2D eigenvalue weighted by molar-refractivity contribution is 5.33. The van der Waals surface area contributed by atoms with Crippen LogP contribution in [0.2, 0.25) is 0 Å². The van der Waals surface area contributed by atoms with Crippen molar-refractivity contribution in [1.82, 2.24) is 15.1 Å². The molecule has 0 saturated carbocycles. The summed E-state index contributed by atoms with van der Waals surface area (Å²) >= 11 is 0. The molecule has 0 bridgehead atoms. The molecule has 2 aliphatic rings. The number of likely N-dealkylation sites (tertiary alicyclic amines) is 1. The van der Waals surface area contributed by atoms with E-state index in [1.54, 1.807) is 0 Å². The van der Waals surface area contributed by atoms with Crippen molar-refractivity contribution in [1.29, 1.82) is 0 Å². The second-order valence-electron chi connectivity index (χ2n) is 6.88. The smallest absolute Gasteiger partial charge is 0.314 e. The van der Waals surface area contributed by atoms with E-state index in [1.807, 2.05) is 4.90 Å². The van der Waals surface area contributed by atoms with E-state index in [1.165, 1.54) is 0 Å². The van der Waals surface area contributed by atoms with Gasteiger partial charge in [0.2, 0.25) is 0 Å². The van der Waals surface area contributed by atoms with Crippen molar-refractivity contribution in [2.75, 3.05) is 39.3 Å². The first-order valence-electron chi connectivity index (χ1n) is 8.58. The Morgan fingerprint density at radius 3 is 2.00 bits per heavy atom. The van der Waals surface area contributed by atoms with Crippen LogP contribution in [0, 0.1) is 0 Å². The highest BCUT2D eigenvalue weighted by Gasteiger charge is 2.37. The molecule has 1 N–H and O–H groups in total. The van der Waals surface area contributed by atoms with Crippen molar-refractivity contribution in [2.24, 2.45) is 0 Å². The van der Waals surface area contributed by atoms with Crippen LogP contribution in [0.25, 0.3) is 0 Å². The fourth-order valence-corrected chi connectivity index (χ4v) is 3.67. The van der Waals surface area contributed by atoms with Crippen LogP contribution in [-0.4, -0.2) is 55.1 Å². The maximum absolute atomic E-state index is 13.0. The van der Waals surface area contributed by atoms with Gasteiger partial charge in [-0.3, -0.25) is 9.80 Å². The van der Waals surface area contributed by atoms with Gasteiger partial charge in [0.05, 0.1) is 11.1 Å². The fourth-order valence-electron chi connectivity index (χ4n) is 3.67. The largest absolute Gasteiger partial charge is 0.416 e. The number of rotatable bonds is 3. The van der Waals surface area contributed by atoms with Crippen molar-refractivity contribution in [3.63, 3.8) is 0 Å². The molecular formula is C17H21F6N3. The van der Waals surface area contributed by atoms with E-state index in [-0.39, 0.29) is 18.2 Å². The minimum atomic E-state index is -4.80. The molecule has 0 aromatic heterocycles. The number of benzene rings is 1. The zero-order valence-electron chi connectivity index (χ0n) is 14.1. The van der Waals surface area contributed by atoms with Gasteiger partial charge in [0.25, 0.3) is 0 Å². The van der Waals surface area contributed by atoms with Gasteiger partial charge in [-0.05, 0) is 30.2 Å². The molecule has 2 saturated heterocycles. The number of hydrogen-bond acceptors (Lipinski definition) is 3. The summed E-state index contributed by atoms with van der Waals surface area (Å²) < 4.78 is 77.8. The van der Waals surface area contributed by atoms with Crippen LogP contribution in [0.5, 0.6) is 0 Å². The summed E-state index contributed by atoms with van der Waals surface area (Å²) in [6.07, 6.45) is -8.72. The molecule has 1 unspecified atom stereocenters. The summed E-state index contributed by atoms with van der Waals surface area (Å²) in [6.45, 7) is 5.07. The first kappa shape index (κ1) is 19.4. The third-order valence-corrected chi connectivity index (χ3v) is 4.97. The number of nitrogens with zero attached hydrogens (tertiary/aromatic N) is 2. The Morgan fingerprint density at radius 1 is 0.885 bits per heavy atom. The predicted octanol–water partition coefficient (Wildman–Crippen LogP) is 3.20. The molecule has 1 atom stereocenters. The second kappa shape index (κ2) is 7.36. The minimum absolute atomic E-state index is 0.0492. The first-order valence-corrected chi connectivity index (χ1v) is 8.58. The lowest BCUT2D eigenvalue weighted by Crippen LogP contribution is -2.49. The van der Waals surface area contributed by atoms with Gasteiger partial charge in [-0.2, -0.15) is 26.3 Å². The van der Waals surface area contributed by atoms with Gasteiger partial charge in [-0.15, -0.1) is 0 Å². The summed E-state index contributed by atoms with van der Waals surface area (Å²) in [7, 11) is 0. The third-order valence-electron chi connectivity index (χ3n) is 4.97. The van der Waals surface area contributed by atoms with Gasteiger partial charge >= 0.3 is 12.4 Å². The topological polar surface area (TPSA) is 18.5 Å². The molecule has 9 heteroatoms. The molecule has 146 valence electrons. The van der Waals surface area contributed by atoms with E-state index in [0.717, 1.165) is 44.7 Å². The quantitative estimate of drug-likeness (QED) is 0.812. The lowest BCUT2D eigenvalue weighted by Gasteiger charge is -2.32. The Hall–Kier alpha value is -1.32. The van der Waals surface area contributed by atoms with Crippen LogP contribution >= 0.6 is 0 Å². The van der Waals surface area contributed by atoms with Gasteiger partial charge in [0.1, 0.15) is 0 Å². The van der Waals surface area contributed by atoms with Crippen LogP contribution in [-0.2, 0) is 18.9 Å². The SMILES string of the molecule is FC(F)(F)c1cc(CN2CCC(N3CCNCC3)C2)cc(C(F)(F)F)c1. The highest BCUT2D eigenvalue weighted by atomic mass is 19.4. The van der Waals surface area contributed by atoms with E-state index in [0.29, 0.717) is 19.1 Å². The summed E-state index contributed by atoms with van der Waals surface area (Å²) in [5, 5.41) is 3.26. The van der Waals surface area contributed by atoms with E-state index in [2.05, 4.69) is 10.2 Å². The molecule has 1 aromatic carbocycles. The van der Waals surface area contributed by atoms with Crippen molar-refractivity contribution in [3.8, 4) is 0 Å². The van der Waals surface area contributed by atoms with Crippen LogP contribution in [0.1, 0.15) is 23.1 Å². The van der Waals surface area contributed by atoms with Gasteiger partial charge in [0.15, 0.2) is 0 Å². The van der Waals surface area contributed by atoms with E-state index in [9.17, 15) is 26.3 Å². The normalized spacial score (nSPS) is 23.5. The Bertz CT molecular complexity index is 590. The zero-order valence-corrected chi connectivity index (χ0v) is 14.1. The lowest BCUT2D eigenvalue weighted by atomic mass is 10.0. The molecule has 3 nitrogen and oxygen atoms in total.